The molecule has 2 heterocycles. The van der Waals surface area contributed by atoms with Crippen molar-refractivity contribution in [3.63, 3.8) is 0 Å². The first kappa shape index (κ1) is 22.5. The molecule has 0 bridgehead atoms. The Labute approximate surface area is 203 Å². The van der Waals surface area contributed by atoms with Crippen molar-refractivity contribution in [1.82, 2.24) is 5.01 Å². The summed E-state index contributed by atoms with van der Waals surface area (Å²) in [5.41, 5.74) is 5.97. The van der Waals surface area contributed by atoms with Crippen molar-refractivity contribution in [3.8, 4) is 11.5 Å². The first-order chi connectivity index (χ1) is 16.4. The van der Waals surface area contributed by atoms with Gasteiger partial charge in [0.25, 0.3) is 0 Å². The third kappa shape index (κ3) is 4.42. The first-order valence-electron chi connectivity index (χ1n) is 12.4. The maximum atomic E-state index is 6.51. The van der Waals surface area contributed by atoms with E-state index in [4.69, 9.17) is 14.6 Å². The van der Waals surface area contributed by atoms with Gasteiger partial charge < -0.3 is 9.47 Å². The maximum absolute atomic E-state index is 6.51. The Kier molecular flexibility index (Phi) is 6.07. The summed E-state index contributed by atoms with van der Waals surface area (Å²) in [6, 6.07) is 25.7. The van der Waals surface area contributed by atoms with Crippen LogP contribution in [0.15, 0.2) is 77.9 Å². The largest absolute Gasteiger partial charge is 0.494 e. The molecule has 2 aliphatic heterocycles. The van der Waals surface area contributed by atoms with E-state index in [9.17, 15) is 0 Å². The number of benzene rings is 3. The normalized spacial score (nSPS) is 19.2. The van der Waals surface area contributed by atoms with Crippen LogP contribution in [0.4, 0.5) is 0 Å². The highest BCUT2D eigenvalue weighted by Crippen LogP contribution is 2.47. The van der Waals surface area contributed by atoms with E-state index in [1.54, 1.807) is 0 Å². The van der Waals surface area contributed by atoms with Crippen LogP contribution < -0.4 is 9.47 Å². The molecule has 0 aliphatic carbocycles. The van der Waals surface area contributed by atoms with Crippen molar-refractivity contribution in [2.24, 2.45) is 5.10 Å². The Morgan fingerprint density at radius 3 is 2.41 bits per heavy atom. The Morgan fingerprint density at radius 2 is 1.71 bits per heavy atom. The van der Waals surface area contributed by atoms with Crippen molar-refractivity contribution in [2.75, 3.05) is 6.61 Å². The molecule has 34 heavy (non-hydrogen) atoms. The van der Waals surface area contributed by atoms with E-state index in [-0.39, 0.29) is 17.7 Å². The highest BCUT2D eigenvalue weighted by Gasteiger charge is 2.40. The SMILES string of the molecule is CCCCOc1ccc(C2=NN3[C@H](C2)c2ccccc2O[C@H]3c2ccc(C(C)(C)C)cc2)cc1. The molecule has 5 rings (SSSR count). The zero-order valence-electron chi connectivity index (χ0n) is 20.6. The van der Waals surface area contributed by atoms with Gasteiger partial charge in [-0.2, -0.15) is 5.10 Å². The molecule has 0 saturated heterocycles. The molecule has 3 aromatic carbocycles. The van der Waals surface area contributed by atoms with Gasteiger partial charge in [-0.25, -0.2) is 5.01 Å². The molecule has 0 fully saturated rings. The number of ether oxygens (including phenoxy) is 2. The summed E-state index contributed by atoms with van der Waals surface area (Å²) in [7, 11) is 0. The van der Waals surface area contributed by atoms with E-state index in [1.165, 1.54) is 11.1 Å². The van der Waals surface area contributed by atoms with Gasteiger partial charge in [-0.15, -0.1) is 0 Å². The van der Waals surface area contributed by atoms with Crippen LogP contribution in [0.1, 0.15) is 81.5 Å². The van der Waals surface area contributed by atoms with Crippen LogP contribution in [-0.2, 0) is 5.41 Å². The summed E-state index contributed by atoms with van der Waals surface area (Å²) in [4.78, 5) is 0. The van der Waals surface area contributed by atoms with Crippen LogP contribution in [-0.4, -0.2) is 17.3 Å². The topological polar surface area (TPSA) is 34.1 Å². The molecular weight excluding hydrogens is 420 g/mol. The highest BCUT2D eigenvalue weighted by molar-refractivity contribution is 6.02. The van der Waals surface area contributed by atoms with Gasteiger partial charge >= 0.3 is 0 Å². The minimum atomic E-state index is -0.247. The molecule has 2 aliphatic rings. The second kappa shape index (κ2) is 9.17. The van der Waals surface area contributed by atoms with E-state index in [1.807, 2.05) is 6.07 Å². The number of fused-ring (bicyclic) bond motifs is 3. The van der Waals surface area contributed by atoms with Crippen LogP contribution >= 0.6 is 0 Å². The van der Waals surface area contributed by atoms with Crippen LogP contribution in [0.25, 0.3) is 0 Å². The number of para-hydroxylation sites is 1. The van der Waals surface area contributed by atoms with E-state index < -0.39 is 0 Å². The van der Waals surface area contributed by atoms with E-state index in [2.05, 4.69) is 99.4 Å². The summed E-state index contributed by atoms with van der Waals surface area (Å²) < 4.78 is 12.4. The molecule has 0 unspecified atom stereocenters. The zero-order chi connectivity index (χ0) is 23.7. The molecule has 3 aromatic rings. The monoisotopic (exact) mass is 454 g/mol. The van der Waals surface area contributed by atoms with Crippen molar-refractivity contribution >= 4 is 5.71 Å². The lowest BCUT2D eigenvalue weighted by atomic mass is 9.86. The van der Waals surface area contributed by atoms with Gasteiger partial charge in [0.15, 0.2) is 0 Å². The molecule has 0 radical (unpaired) electrons. The second-order valence-corrected chi connectivity index (χ2v) is 10.3. The minimum absolute atomic E-state index is 0.118. The molecule has 2 atom stereocenters. The molecule has 176 valence electrons. The lowest BCUT2D eigenvalue weighted by molar-refractivity contribution is -0.0190. The number of nitrogens with zero attached hydrogens (tertiary/aromatic N) is 2. The molecule has 4 nitrogen and oxygen atoms in total. The second-order valence-electron chi connectivity index (χ2n) is 10.3. The smallest absolute Gasteiger partial charge is 0.213 e. The van der Waals surface area contributed by atoms with Crippen LogP contribution in [0, 0.1) is 0 Å². The molecule has 0 aromatic heterocycles. The van der Waals surface area contributed by atoms with E-state index in [0.29, 0.717) is 0 Å². The summed E-state index contributed by atoms with van der Waals surface area (Å²) in [6.07, 6.45) is 2.81. The fourth-order valence-electron chi connectivity index (χ4n) is 4.65. The number of hydrogen-bond acceptors (Lipinski definition) is 4. The van der Waals surface area contributed by atoms with Gasteiger partial charge in [-0.1, -0.05) is 76.6 Å². The quantitative estimate of drug-likeness (QED) is 0.364. The lowest BCUT2D eigenvalue weighted by Gasteiger charge is -2.38. The average Bonchev–Trinajstić information content (AvgIpc) is 3.29. The maximum Gasteiger partial charge on any atom is 0.213 e. The van der Waals surface area contributed by atoms with E-state index >= 15 is 0 Å². The van der Waals surface area contributed by atoms with E-state index in [0.717, 1.165) is 54.2 Å². The fraction of sp³-hybridized carbons (Fsp3) is 0.367. The van der Waals surface area contributed by atoms with Crippen molar-refractivity contribution in [3.05, 3.63) is 95.1 Å². The van der Waals surface area contributed by atoms with Gasteiger partial charge in [0.05, 0.1) is 18.4 Å². The van der Waals surface area contributed by atoms with Gasteiger partial charge in [-0.3, -0.25) is 0 Å². The summed E-state index contributed by atoms with van der Waals surface area (Å²) >= 11 is 0. The van der Waals surface area contributed by atoms with Gasteiger partial charge in [-0.05, 0) is 53.3 Å². The van der Waals surface area contributed by atoms with Crippen LogP contribution in [0.5, 0.6) is 11.5 Å². The number of hydrazone groups is 1. The number of unbranched alkanes of at least 4 members (excludes halogenated alkanes) is 1. The standard InChI is InChI=1S/C30H34N2O2/c1-5-6-19-33-24-17-13-21(14-18-24)26-20-27-25-9-7-8-10-28(25)34-29(32(27)31-26)22-11-15-23(16-12-22)30(2,3)4/h7-18,27,29H,5-6,19-20H2,1-4H3/t27-,29+/m1/s1. The molecule has 0 N–H and O–H groups in total. The molecule has 0 amide bonds. The first-order valence-corrected chi connectivity index (χ1v) is 12.4. The number of rotatable bonds is 6. The predicted octanol–water partition coefficient (Wildman–Crippen LogP) is 7.41. The zero-order valence-corrected chi connectivity index (χ0v) is 20.6. The Hall–Kier alpha value is -3.27. The third-order valence-corrected chi connectivity index (χ3v) is 6.72. The summed E-state index contributed by atoms with van der Waals surface area (Å²) in [6.45, 7) is 9.65. The van der Waals surface area contributed by atoms with Crippen LogP contribution in [0.2, 0.25) is 0 Å². The third-order valence-electron chi connectivity index (χ3n) is 6.72. The summed E-state index contributed by atoms with van der Waals surface area (Å²) in [5, 5.41) is 7.25. The fourth-order valence-corrected chi connectivity index (χ4v) is 4.65. The molecule has 4 heteroatoms. The van der Waals surface area contributed by atoms with Gasteiger partial charge in [0, 0.05) is 17.5 Å². The molecule has 0 saturated carbocycles. The van der Waals surface area contributed by atoms with Crippen molar-refractivity contribution in [1.29, 1.82) is 0 Å². The molecule has 0 spiro atoms. The average molecular weight is 455 g/mol. The predicted molar refractivity (Wildman–Crippen MR) is 138 cm³/mol. The highest BCUT2D eigenvalue weighted by atomic mass is 16.5. The van der Waals surface area contributed by atoms with Crippen molar-refractivity contribution < 1.29 is 9.47 Å². The number of hydrogen-bond donors (Lipinski definition) is 0. The van der Waals surface area contributed by atoms with Gasteiger partial charge in [0.2, 0.25) is 6.23 Å². The van der Waals surface area contributed by atoms with Crippen LogP contribution in [0.3, 0.4) is 0 Å². The lowest BCUT2D eigenvalue weighted by Crippen LogP contribution is -2.33. The molecular formula is C30H34N2O2. The Bertz CT molecular complexity index is 1160. The van der Waals surface area contributed by atoms with Crippen molar-refractivity contribution in [2.45, 2.75) is 64.6 Å². The van der Waals surface area contributed by atoms with Gasteiger partial charge in [0.1, 0.15) is 11.5 Å². The summed E-state index contributed by atoms with van der Waals surface area (Å²) in [5.74, 6) is 1.86. The Morgan fingerprint density at radius 1 is 0.971 bits per heavy atom. The Balaban J connectivity index is 1.44. The minimum Gasteiger partial charge on any atom is -0.494 e.